The molecule has 11 nitrogen and oxygen atoms in total. The molecule has 2 aromatic heterocycles. The van der Waals surface area contributed by atoms with Crippen molar-refractivity contribution in [2.24, 2.45) is 0 Å². The van der Waals surface area contributed by atoms with Gasteiger partial charge in [-0.2, -0.15) is 19.7 Å². The molecule has 6 heterocycles. The lowest BCUT2D eigenvalue weighted by atomic mass is 9.84. The van der Waals surface area contributed by atoms with E-state index in [9.17, 15) is 18.7 Å². The Hall–Kier alpha value is -5.42. The first kappa shape index (κ1) is 31.6. The quantitative estimate of drug-likeness (QED) is 0.246. The van der Waals surface area contributed by atoms with Crippen LogP contribution < -0.4 is 9.64 Å². The number of benzene rings is 3. The van der Waals surface area contributed by atoms with Crippen LogP contribution in [0.3, 0.4) is 0 Å². The van der Waals surface area contributed by atoms with Gasteiger partial charge in [-0.25, -0.2) is 22.9 Å². The Kier molecular flexibility index (Phi) is 7.15. The number of anilines is 1. The Balaban J connectivity index is 1.15. The highest BCUT2D eigenvalue weighted by molar-refractivity contribution is 6.04. The highest BCUT2D eigenvalue weighted by Gasteiger charge is 2.53. The molecule has 0 bridgehead atoms. The summed E-state index contributed by atoms with van der Waals surface area (Å²) in [5.74, 6) is 1.30. The van der Waals surface area contributed by atoms with Crippen molar-refractivity contribution in [3.05, 3.63) is 66.3 Å². The van der Waals surface area contributed by atoms with Gasteiger partial charge >= 0.3 is 12.0 Å². The fraction of sp³-hybridized carbons (Fsp3) is 0.378. The van der Waals surface area contributed by atoms with Crippen LogP contribution in [0, 0.1) is 24.0 Å². The lowest BCUT2D eigenvalue weighted by molar-refractivity contribution is 0.0400. The van der Waals surface area contributed by atoms with Crippen molar-refractivity contribution in [1.29, 1.82) is 0 Å². The van der Waals surface area contributed by atoms with E-state index >= 15 is 4.39 Å². The van der Waals surface area contributed by atoms with E-state index in [0.29, 0.717) is 55.6 Å². The zero-order chi connectivity index (χ0) is 35.1. The number of aromatic hydroxyl groups is 1. The number of fused-ring (bicyclic) bond motifs is 3. The molecule has 14 heteroatoms. The number of hydrogen-bond donors (Lipinski definition) is 1. The van der Waals surface area contributed by atoms with Gasteiger partial charge in [0.2, 0.25) is 0 Å². The van der Waals surface area contributed by atoms with Crippen LogP contribution in [0.15, 0.2) is 49.1 Å². The molecular formula is C37H33F3N8O3. The average molecular weight is 695 g/mol. The molecule has 3 atom stereocenters. The molecular weight excluding hydrogens is 661 g/mol. The van der Waals surface area contributed by atoms with Gasteiger partial charge < -0.3 is 19.6 Å². The molecule has 4 aliphatic rings. The van der Waals surface area contributed by atoms with Crippen LogP contribution in [0.5, 0.6) is 11.8 Å². The first-order valence-corrected chi connectivity index (χ1v) is 17.0. The molecule has 260 valence electrons. The molecule has 4 fully saturated rings. The molecule has 9 rings (SSSR count). The van der Waals surface area contributed by atoms with E-state index in [2.05, 4.69) is 25.9 Å². The number of alkyl halides is 1. The number of carbonyl (C=O) groups excluding carboxylic acids is 1. The SMILES string of the molecule is C#Cc1c(F)ccc2cc(O)cc(-c3ccc4c(N5CCC6(CCN6C(=O)n6cncn6)C5)nc(OC[C@@]56CCCN5C[C@H](F)C6)nc4c3F)c12. The summed E-state index contributed by atoms with van der Waals surface area (Å²) in [5.41, 5.74) is -0.788. The van der Waals surface area contributed by atoms with Gasteiger partial charge in [0.25, 0.3) is 0 Å². The molecule has 5 aromatic rings. The molecule has 1 amide bonds. The highest BCUT2D eigenvalue weighted by atomic mass is 19.1. The molecule has 4 aliphatic heterocycles. The molecule has 1 spiro atoms. The molecule has 0 radical (unpaired) electrons. The summed E-state index contributed by atoms with van der Waals surface area (Å²) in [7, 11) is 0. The van der Waals surface area contributed by atoms with Gasteiger partial charge in [-0.3, -0.25) is 4.90 Å². The van der Waals surface area contributed by atoms with Gasteiger partial charge in [-0.05, 0) is 67.4 Å². The number of hydrogen-bond acceptors (Lipinski definition) is 9. The number of phenolic OH excluding ortho intramolecular Hbond substituents is 1. The summed E-state index contributed by atoms with van der Waals surface area (Å²) in [6.07, 6.45) is 10.9. The van der Waals surface area contributed by atoms with Crippen LogP contribution >= 0.6 is 0 Å². The maximum atomic E-state index is 17.0. The highest BCUT2D eigenvalue weighted by Crippen LogP contribution is 2.45. The first-order valence-electron chi connectivity index (χ1n) is 17.0. The topological polar surface area (TPSA) is 113 Å². The van der Waals surface area contributed by atoms with Gasteiger partial charge in [0.1, 0.15) is 48.3 Å². The third kappa shape index (κ3) is 4.89. The monoisotopic (exact) mass is 694 g/mol. The van der Waals surface area contributed by atoms with E-state index in [4.69, 9.17) is 16.1 Å². The minimum Gasteiger partial charge on any atom is -0.508 e. The van der Waals surface area contributed by atoms with Gasteiger partial charge in [0, 0.05) is 48.9 Å². The number of rotatable bonds is 5. The van der Waals surface area contributed by atoms with Gasteiger partial charge in [-0.15, -0.1) is 6.42 Å². The summed E-state index contributed by atoms with van der Waals surface area (Å²) < 4.78 is 54.0. The van der Waals surface area contributed by atoms with Crippen molar-refractivity contribution in [2.75, 3.05) is 44.2 Å². The molecule has 1 unspecified atom stereocenters. The number of amides is 1. The van der Waals surface area contributed by atoms with E-state index in [1.807, 2.05) is 4.90 Å². The Morgan fingerprint density at radius 2 is 1.94 bits per heavy atom. The number of aromatic nitrogens is 5. The largest absolute Gasteiger partial charge is 0.508 e. The van der Waals surface area contributed by atoms with Gasteiger partial charge in [0.15, 0.2) is 5.82 Å². The molecule has 0 aliphatic carbocycles. The maximum absolute atomic E-state index is 17.0. The summed E-state index contributed by atoms with van der Waals surface area (Å²) in [6, 6.07) is 8.43. The predicted octanol–water partition coefficient (Wildman–Crippen LogP) is 5.28. The summed E-state index contributed by atoms with van der Waals surface area (Å²) in [6.45, 7) is 2.80. The Labute approximate surface area is 290 Å². The maximum Gasteiger partial charge on any atom is 0.346 e. The molecule has 3 aromatic carbocycles. The van der Waals surface area contributed by atoms with Crippen molar-refractivity contribution >= 4 is 33.5 Å². The zero-order valence-electron chi connectivity index (χ0n) is 27.5. The van der Waals surface area contributed by atoms with Crippen LogP contribution in [-0.4, -0.2) is 102 Å². The number of carbonyl (C=O) groups is 1. The van der Waals surface area contributed by atoms with E-state index in [-0.39, 0.29) is 52.0 Å². The second-order valence-corrected chi connectivity index (χ2v) is 14.1. The van der Waals surface area contributed by atoms with E-state index in [1.54, 1.807) is 17.0 Å². The summed E-state index contributed by atoms with van der Waals surface area (Å²) >= 11 is 0. The summed E-state index contributed by atoms with van der Waals surface area (Å²) in [4.78, 5) is 32.5. The van der Waals surface area contributed by atoms with Crippen LogP contribution in [0.4, 0.5) is 23.8 Å². The van der Waals surface area contributed by atoms with Gasteiger partial charge in [-0.1, -0.05) is 18.1 Å². The lowest BCUT2D eigenvalue weighted by Gasteiger charge is -2.50. The van der Waals surface area contributed by atoms with E-state index in [1.165, 1.54) is 41.6 Å². The van der Waals surface area contributed by atoms with Crippen molar-refractivity contribution in [3.8, 4) is 35.2 Å². The molecule has 51 heavy (non-hydrogen) atoms. The normalized spacial score (nSPS) is 24.4. The number of phenols is 1. The number of likely N-dealkylation sites (tertiary alicyclic amines) is 1. The van der Waals surface area contributed by atoms with Crippen LogP contribution in [-0.2, 0) is 0 Å². The second-order valence-electron chi connectivity index (χ2n) is 14.1. The van der Waals surface area contributed by atoms with Crippen molar-refractivity contribution in [2.45, 2.75) is 49.4 Å². The summed E-state index contributed by atoms with van der Waals surface area (Å²) in [5, 5.41) is 15.8. The van der Waals surface area contributed by atoms with E-state index < -0.39 is 28.9 Å². The minimum atomic E-state index is -0.955. The number of terminal acetylenes is 1. The van der Waals surface area contributed by atoms with Crippen molar-refractivity contribution < 1.29 is 27.8 Å². The minimum absolute atomic E-state index is 0.0386. The molecule has 1 N–H and O–H groups in total. The Morgan fingerprint density at radius 3 is 2.73 bits per heavy atom. The smallest absolute Gasteiger partial charge is 0.346 e. The van der Waals surface area contributed by atoms with Crippen LogP contribution in [0.25, 0.3) is 32.8 Å². The molecule has 0 saturated carbocycles. The Morgan fingerprint density at radius 1 is 1.08 bits per heavy atom. The second kappa shape index (κ2) is 11.6. The molecule has 4 saturated heterocycles. The van der Waals surface area contributed by atoms with Crippen molar-refractivity contribution in [1.82, 2.24) is 34.5 Å². The predicted molar refractivity (Wildman–Crippen MR) is 182 cm³/mol. The standard InChI is InChI=1S/C37H33F3N8O3/c1-2-25-29(39)7-4-22-14-24(49)15-28(30(22)25)26-5-6-27-32(31(26)40)43-34(51-19-37-8-3-11-46(37)17-23(38)16-37)44-33(27)45-12-9-36(18-45)10-13-47(36)35(50)48-21-41-20-42-48/h1,4-7,14-15,20-21,23,49H,3,8-13,16-19H2/t23-,36?,37+/m1/s1. The van der Waals surface area contributed by atoms with E-state index in [0.717, 1.165) is 25.8 Å². The zero-order valence-corrected chi connectivity index (χ0v) is 27.5. The third-order valence-corrected chi connectivity index (χ3v) is 11.3. The fourth-order valence-electron chi connectivity index (χ4n) is 8.80. The number of ether oxygens (including phenoxy) is 1. The Bertz CT molecular complexity index is 2280. The van der Waals surface area contributed by atoms with Crippen molar-refractivity contribution in [3.63, 3.8) is 0 Å². The fourth-order valence-corrected chi connectivity index (χ4v) is 8.80. The van der Waals surface area contributed by atoms with Gasteiger partial charge in [0.05, 0.1) is 16.6 Å². The average Bonchev–Trinajstić information content (AvgIpc) is 3.92. The third-order valence-electron chi connectivity index (χ3n) is 11.3. The lowest BCUT2D eigenvalue weighted by Crippen LogP contribution is -2.64. The van der Waals surface area contributed by atoms with Crippen LogP contribution in [0.2, 0.25) is 0 Å². The number of nitrogens with zero attached hydrogens (tertiary/aromatic N) is 8. The number of halogens is 3. The first-order chi connectivity index (χ1) is 24.7. The van der Waals surface area contributed by atoms with Crippen LogP contribution in [0.1, 0.15) is 37.7 Å².